The smallest absolute Gasteiger partial charge is 0.0853 e. The third kappa shape index (κ3) is 4.11. The van der Waals surface area contributed by atoms with E-state index >= 15 is 0 Å². The minimum atomic E-state index is -0.496. The summed E-state index contributed by atoms with van der Waals surface area (Å²) >= 11 is 0. The van der Waals surface area contributed by atoms with Crippen LogP contribution in [0.3, 0.4) is 0 Å². The molecule has 1 rings (SSSR count). The Bertz CT molecular complexity index is 324. The van der Waals surface area contributed by atoms with Crippen molar-refractivity contribution in [1.29, 1.82) is 0 Å². The molecule has 17 heavy (non-hydrogen) atoms. The molecule has 0 aliphatic carbocycles. The van der Waals surface area contributed by atoms with Crippen LogP contribution < -0.4 is 0 Å². The van der Waals surface area contributed by atoms with Crippen molar-refractivity contribution in [1.82, 2.24) is 4.90 Å². The first-order valence-electron chi connectivity index (χ1n) is 6.00. The Kier molecular flexibility index (Phi) is 5.12. The lowest BCUT2D eigenvalue weighted by Gasteiger charge is -2.34. The number of benzene rings is 1. The Morgan fingerprint density at radius 1 is 1.24 bits per heavy atom. The number of nitrogens with zero attached hydrogens (tertiary/aromatic N) is 1. The molecule has 96 valence electrons. The van der Waals surface area contributed by atoms with Gasteiger partial charge in [0.15, 0.2) is 0 Å². The Balaban J connectivity index is 2.69. The average molecular weight is 237 g/mol. The van der Waals surface area contributed by atoms with Crippen LogP contribution in [-0.2, 0) is 0 Å². The van der Waals surface area contributed by atoms with Crippen molar-refractivity contribution in [3.8, 4) is 0 Å². The second-order valence-electron chi connectivity index (χ2n) is 5.26. The molecule has 2 N–H and O–H groups in total. The maximum atomic E-state index is 10.4. The van der Waals surface area contributed by atoms with E-state index in [-0.39, 0.29) is 12.0 Å². The van der Waals surface area contributed by atoms with Gasteiger partial charge in [0.2, 0.25) is 0 Å². The maximum Gasteiger partial charge on any atom is 0.0853 e. The van der Waals surface area contributed by atoms with Crippen molar-refractivity contribution in [3.05, 3.63) is 35.9 Å². The highest BCUT2D eigenvalue weighted by molar-refractivity contribution is 5.19. The predicted octanol–water partition coefficient (Wildman–Crippen LogP) is 1.67. The number of aliphatic hydroxyl groups is 2. The van der Waals surface area contributed by atoms with E-state index in [9.17, 15) is 5.11 Å². The van der Waals surface area contributed by atoms with E-state index in [0.29, 0.717) is 6.54 Å². The maximum absolute atomic E-state index is 10.4. The van der Waals surface area contributed by atoms with Crippen molar-refractivity contribution in [3.63, 3.8) is 0 Å². The molecule has 0 aliphatic rings. The Labute approximate surface area is 104 Å². The Morgan fingerprint density at radius 3 is 2.35 bits per heavy atom. The largest absolute Gasteiger partial charge is 0.395 e. The summed E-state index contributed by atoms with van der Waals surface area (Å²) in [5, 5.41) is 19.3. The monoisotopic (exact) mass is 237 g/mol. The van der Waals surface area contributed by atoms with Crippen LogP contribution in [0.1, 0.15) is 25.5 Å². The summed E-state index contributed by atoms with van der Waals surface area (Å²) in [6, 6.07) is 9.70. The second kappa shape index (κ2) is 6.15. The number of hydrogen-bond donors (Lipinski definition) is 2. The standard InChI is InChI=1S/C14H23NO2/c1-14(2,11-15(3)9-10-16)13(17)12-7-5-4-6-8-12/h4-8,13,16-17H,9-11H2,1-3H3. The molecular weight excluding hydrogens is 214 g/mol. The van der Waals surface area contributed by atoms with E-state index < -0.39 is 6.10 Å². The molecule has 0 spiro atoms. The highest BCUT2D eigenvalue weighted by atomic mass is 16.3. The van der Waals surface area contributed by atoms with Gasteiger partial charge in [-0.2, -0.15) is 0 Å². The second-order valence-corrected chi connectivity index (χ2v) is 5.26. The summed E-state index contributed by atoms with van der Waals surface area (Å²) in [5.41, 5.74) is 0.695. The number of hydrogen-bond acceptors (Lipinski definition) is 3. The molecule has 0 heterocycles. The molecule has 0 radical (unpaired) electrons. The van der Waals surface area contributed by atoms with Crippen LogP contribution >= 0.6 is 0 Å². The highest BCUT2D eigenvalue weighted by Gasteiger charge is 2.30. The van der Waals surface area contributed by atoms with Crippen LogP contribution in [0.5, 0.6) is 0 Å². The van der Waals surface area contributed by atoms with E-state index in [1.54, 1.807) is 0 Å². The topological polar surface area (TPSA) is 43.7 Å². The van der Waals surface area contributed by atoms with Gasteiger partial charge >= 0.3 is 0 Å². The molecule has 3 heteroatoms. The lowest BCUT2D eigenvalue weighted by atomic mass is 9.82. The number of likely N-dealkylation sites (N-methyl/N-ethyl adjacent to an activating group) is 1. The first-order valence-corrected chi connectivity index (χ1v) is 6.00. The molecule has 0 fully saturated rings. The van der Waals surface area contributed by atoms with Crippen molar-refractivity contribution < 1.29 is 10.2 Å². The molecule has 0 bridgehead atoms. The van der Waals surface area contributed by atoms with E-state index in [1.807, 2.05) is 56.1 Å². The van der Waals surface area contributed by atoms with Crippen LogP contribution in [0.15, 0.2) is 30.3 Å². The molecule has 1 aromatic rings. The fourth-order valence-electron chi connectivity index (χ4n) is 2.12. The zero-order chi connectivity index (χ0) is 12.9. The van der Waals surface area contributed by atoms with Crippen LogP contribution in [-0.4, -0.2) is 41.9 Å². The van der Waals surface area contributed by atoms with Crippen molar-refractivity contribution in [2.24, 2.45) is 5.41 Å². The molecule has 3 nitrogen and oxygen atoms in total. The summed E-state index contributed by atoms with van der Waals surface area (Å²) < 4.78 is 0. The van der Waals surface area contributed by atoms with Crippen LogP contribution in [0.4, 0.5) is 0 Å². The Morgan fingerprint density at radius 2 is 1.82 bits per heavy atom. The van der Waals surface area contributed by atoms with E-state index in [1.165, 1.54) is 0 Å². The molecule has 1 atom stereocenters. The molecular formula is C14H23NO2. The third-order valence-electron chi connectivity index (χ3n) is 3.01. The zero-order valence-corrected chi connectivity index (χ0v) is 10.9. The minimum absolute atomic E-state index is 0.147. The van der Waals surface area contributed by atoms with Gasteiger partial charge < -0.3 is 15.1 Å². The van der Waals surface area contributed by atoms with Gasteiger partial charge in [-0.1, -0.05) is 44.2 Å². The van der Waals surface area contributed by atoms with Crippen molar-refractivity contribution >= 4 is 0 Å². The Hall–Kier alpha value is -0.900. The van der Waals surface area contributed by atoms with Crippen molar-refractivity contribution in [2.45, 2.75) is 20.0 Å². The summed E-state index contributed by atoms with van der Waals surface area (Å²) in [4.78, 5) is 2.03. The minimum Gasteiger partial charge on any atom is -0.395 e. The molecule has 0 saturated heterocycles. The summed E-state index contributed by atoms with van der Waals surface area (Å²) in [5.74, 6) is 0. The molecule has 0 aliphatic heterocycles. The third-order valence-corrected chi connectivity index (χ3v) is 3.01. The molecule has 0 saturated carbocycles. The van der Waals surface area contributed by atoms with Gasteiger partial charge in [-0.05, 0) is 12.6 Å². The first-order chi connectivity index (χ1) is 7.97. The van der Waals surface area contributed by atoms with Crippen molar-refractivity contribution in [2.75, 3.05) is 26.7 Å². The fraction of sp³-hybridized carbons (Fsp3) is 0.571. The molecule has 1 unspecified atom stereocenters. The summed E-state index contributed by atoms with van der Waals surface area (Å²) in [7, 11) is 1.95. The van der Waals surface area contributed by atoms with Gasteiger partial charge in [0, 0.05) is 18.5 Å². The molecule has 0 amide bonds. The van der Waals surface area contributed by atoms with Gasteiger partial charge in [-0.3, -0.25) is 0 Å². The zero-order valence-electron chi connectivity index (χ0n) is 10.9. The van der Waals surface area contributed by atoms with Gasteiger partial charge in [0.1, 0.15) is 0 Å². The summed E-state index contributed by atoms with van der Waals surface area (Å²) in [6.07, 6.45) is -0.496. The number of rotatable bonds is 6. The van der Waals surface area contributed by atoms with Gasteiger partial charge in [-0.25, -0.2) is 0 Å². The number of aliphatic hydroxyl groups excluding tert-OH is 2. The lowest BCUT2D eigenvalue weighted by Crippen LogP contribution is -2.37. The van der Waals surface area contributed by atoms with E-state index in [4.69, 9.17) is 5.11 Å². The van der Waals surface area contributed by atoms with Gasteiger partial charge in [-0.15, -0.1) is 0 Å². The van der Waals surface area contributed by atoms with Crippen LogP contribution in [0.2, 0.25) is 0 Å². The predicted molar refractivity (Wildman–Crippen MR) is 69.8 cm³/mol. The van der Waals surface area contributed by atoms with E-state index in [0.717, 1.165) is 12.1 Å². The summed E-state index contributed by atoms with van der Waals surface area (Å²) in [6.45, 7) is 5.60. The fourth-order valence-corrected chi connectivity index (χ4v) is 2.12. The van der Waals surface area contributed by atoms with E-state index in [2.05, 4.69) is 0 Å². The first kappa shape index (κ1) is 14.2. The molecule has 0 aromatic heterocycles. The van der Waals surface area contributed by atoms with Gasteiger partial charge in [0.25, 0.3) is 0 Å². The SMILES string of the molecule is CN(CCO)CC(C)(C)C(O)c1ccccc1. The average Bonchev–Trinajstić information content (AvgIpc) is 2.28. The van der Waals surface area contributed by atoms with Crippen LogP contribution in [0, 0.1) is 5.41 Å². The quantitative estimate of drug-likeness (QED) is 0.791. The van der Waals surface area contributed by atoms with Crippen LogP contribution in [0.25, 0.3) is 0 Å². The lowest BCUT2D eigenvalue weighted by molar-refractivity contribution is 0.0230. The molecule has 1 aromatic carbocycles. The normalized spacial score (nSPS) is 14.0. The van der Waals surface area contributed by atoms with Gasteiger partial charge in [0.05, 0.1) is 12.7 Å². The highest BCUT2D eigenvalue weighted by Crippen LogP contribution is 2.33.